The summed E-state index contributed by atoms with van der Waals surface area (Å²) in [6.45, 7) is 2.57. The lowest BCUT2D eigenvalue weighted by atomic mass is 10.1. The number of carbonyl (C=O) groups excluding carboxylic acids is 4. The van der Waals surface area contributed by atoms with Crippen molar-refractivity contribution >= 4 is 23.7 Å². The zero-order chi connectivity index (χ0) is 17.2. The van der Waals surface area contributed by atoms with Crippen molar-refractivity contribution in [1.29, 1.82) is 0 Å². The second-order valence-corrected chi connectivity index (χ2v) is 4.99. The normalized spacial score (nSPS) is 11.2. The Kier molecular flexibility index (Phi) is 7.45. The Balaban J connectivity index is 2.54. The van der Waals surface area contributed by atoms with Crippen molar-refractivity contribution in [2.75, 3.05) is 0 Å². The van der Waals surface area contributed by atoms with Crippen LogP contribution in [0.3, 0.4) is 0 Å². The molecule has 23 heavy (non-hydrogen) atoms. The summed E-state index contributed by atoms with van der Waals surface area (Å²) in [7, 11) is 0. The van der Waals surface area contributed by atoms with Crippen LogP contribution in [0, 0.1) is 0 Å². The Hall–Kier alpha value is -2.70. The third-order valence-electron chi connectivity index (χ3n) is 2.86. The molecule has 0 aromatic heterocycles. The molecule has 0 unspecified atom stereocenters. The van der Waals surface area contributed by atoms with E-state index in [9.17, 15) is 19.2 Å². The number of hydrogen-bond donors (Lipinski definition) is 2. The molecule has 0 aliphatic rings. The Labute approximate surface area is 134 Å². The van der Waals surface area contributed by atoms with Crippen LogP contribution in [-0.2, 0) is 30.5 Å². The highest BCUT2D eigenvalue weighted by Gasteiger charge is 2.22. The molecule has 0 bridgehead atoms. The molecule has 0 radical (unpaired) electrons. The highest BCUT2D eigenvalue weighted by molar-refractivity contribution is 5.94. The number of imide groups is 1. The number of nitrogens with one attached hydrogen (secondary N) is 2. The monoisotopic (exact) mass is 320 g/mol. The molecule has 0 heterocycles. The first-order valence-electron chi connectivity index (χ1n) is 7.16. The van der Waals surface area contributed by atoms with Crippen LogP contribution < -0.4 is 10.6 Å². The first-order chi connectivity index (χ1) is 10.9. The molecule has 0 aliphatic carbocycles. The maximum atomic E-state index is 12.1. The molecule has 7 nitrogen and oxygen atoms in total. The molecule has 0 saturated heterocycles. The average Bonchev–Trinajstić information content (AvgIpc) is 2.49. The van der Waals surface area contributed by atoms with E-state index in [0.29, 0.717) is 0 Å². The van der Waals surface area contributed by atoms with Gasteiger partial charge >= 0.3 is 5.97 Å². The van der Waals surface area contributed by atoms with Gasteiger partial charge in [-0.1, -0.05) is 30.3 Å². The zero-order valence-electron chi connectivity index (χ0n) is 13.1. The minimum atomic E-state index is -0.936. The van der Waals surface area contributed by atoms with Crippen molar-refractivity contribution in [3.05, 3.63) is 35.9 Å². The van der Waals surface area contributed by atoms with Crippen LogP contribution in [0.4, 0.5) is 0 Å². The van der Waals surface area contributed by atoms with Gasteiger partial charge in [-0.3, -0.25) is 19.7 Å². The molecule has 1 atom stereocenters. The number of hydrogen-bond acceptors (Lipinski definition) is 5. The van der Waals surface area contributed by atoms with Crippen LogP contribution in [-0.4, -0.2) is 29.7 Å². The molecular formula is C16H20N2O5. The summed E-state index contributed by atoms with van der Waals surface area (Å²) < 4.78 is 5.15. The molecule has 124 valence electrons. The van der Waals surface area contributed by atoms with Gasteiger partial charge in [0.1, 0.15) is 12.6 Å². The van der Waals surface area contributed by atoms with Crippen molar-refractivity contribution in [2.45, 2.75) is 39.3 Å². The summed E-state index contributed by atoms with van der Waals surface area (Å²) in [5.41, 5.74) is 0.816. The molecule has 7 heteroatoms. The van der Waals surface area contributed by atoms with E-state index in [0.717, 1.165) is 5.56 Å². The minimum Gasteiger partial charge on any atom is -0.459 e. The molecule has 0 saturated carbocycles. The molecule has 0 fully saturated rings. The summed E-state index contributed by atoms with van der Waals surface area (Å²) in [6.07, 6.45) is -0.0305. The van der Waals surface area contributed by atoms with Crippen molar-refractivity contribution < 1.29 is 23.9 Å². The maximum Gasteiger partial charge on any atom is 0.328 e. The van der Waals surface area contributed by atoms with Gasteiger partial charge in [-0.05, 0) is 12.0 Å². The Morgan fingerprint density at radius 2 is 1.70 bits per heavy atom. The van der Waals surface area contributed by atoms with E-state index in [1.807, 2.05) is 18.2 Å². The van der Waals surface area contributed by atoms with E-state index in [-0.39, 0.29) is 19.4 Å². The lowest BCUT2D eigenvalue weighted by Gasteiger charge is -2.16. The van der Waals surface area contributed by atoms with Crippen molar-refractivity contribution in [3.8, 4) is 0 Å². The third-order valence-corrected chi connectivity index (χ3v) is 2.86. The van der Waals surface area contributed by atoms with Gasteiger partial charge in [-0.15, -0.1) is 0 Å². The zero-order valence-corrected chi connectivity index (χ0v) is 13.1. The summed E-state index contributed by atoms with van der Waals surface area (Å²) in [5.74, 6) is -2.01. The fourth-order valence-electron chi connectivity index (χ4n) is 1.86. The van der Waals surface area contributed by atoms with E-state index < -0.39 is 29.7 Å². The van der Waals surface area contributed by atoms with Crippen LogP contribution in [0.15, 0.2) is 30.3 Å². The molecule has 1 rings (SSSR count). The SMILES string of the molecule is CC(=O)NC(=O)CC[C@H](NC(C)=O)C(=O)OCc1ccccc1. The number of ether oxygens (including phenoxy) is 1. The van der Waals surface area contributed by atoms with E-state index >= 15 is 0 Å². The van der Waals surface area contributed by atoms with Crippen LogP contribution in [0.1, 0.15) is 32.3 Å². The van der Waals surface area contributed by atoms with Crippen LogP contribution in [0.5, 0.6) is 0 Å². The second-order valence-electron chi connectivity index (χ2n) is 4.99. The summed E-state index contributed by atoms with van der Waals surface area (Å²) >= 11 is 0. The van der Waals surface area contributed by atoms with Gasteiger partial charge in [-0.2, -0.15) is 0 Å². The van der Waals surface area contributed by atoms with Gasteiger partial charge in [-0.25, -0.2) is 4.79 Å². The molecule has 3 amide bonds. The lowest BCUT2D eigenvalue weighted by molar-refractivity contribution is -0.149. The number of benzene rings is 1. The largest absolute Gasteiger partial charge is 0.459 e. The van der Waals surface area contributed by atoms with Crippen molar-refractivity contribution in [1.82, 2.24) is 10.6 Å². The smallest absolute Gasteiger partial charge is 0.328 e. The number of rotatable bonds is 7. The minimum absolute atomic E-state index is 0.0479. The number of carbonyl (C=O) groups is 4. The van der Waals surface area contributed by atoms with E-state index in [2.05, 4.69) is 10.6 Å². The van der Waals surface area contributed by atoms with Crippen molar-refractivity contribution in [3.63, 3.8) is 0 Å². The summed E-state index contributed by atoms with van der Waals surface area (Å²) in [6, 6.07) is 8.16. The highest BCUT2D eigenvalue weighted by atomic mass is 16.5. The van der Waals surface area contributed by atoms with Gasteiger partial charge in [0.05, 0.1) is 0 Å². The number of amides is 3. The fourth-order valence-corrected chi connectivity index (χ4v) is 1.86. The Bertz CT molecular complexity index is 571. The number of esters is 1. The topological polar surface area (TPSA) is 102 Å². The summed E-state index contributed by atoms with van der Waals surface area (Å²) in [5, 5.41) is 4.55. The van der Waals surface area contributed by atoms with Crippen LogP contribution >= 0.6 is 0 Å². The highest BCUT2D eigenvalue weighted by Crippen LogP contribution is 2.05. The van der Waals surface area contributed by atoms with Crippen LogP contribution in [0.25, 0.3) is 0 Å². The quantitative estimate of drug-likeness (QED) is 0.719. The molecule has 1 aromatic carbocycles. The first kappa shape index (κ1) is 18.3. The van der Waals surface area contributed by atoms with Gasteiger partial charge in [0.15, 0.2) is 0 Å². The average molecular weight is 320 g/mol. The van der Waals surface area contributed by atoms with Gasteiger partial charge in [0, 0.05) is 20.3 Å². The van der Waals surface area contributed by atoms with Gasteiger partial charge in [0.25, 0.3) is 0 Å². The standard InChI is InChI=1S/C16H20N2O5/c1-11(19)17-14(8-9-15(21)18-12(2)20)16(22)23-10-13-6-4-3-5-7-13/h3-7,14H,8-10H2,1-2H3,(H,17,19)(H,18,20,21)/t14-/m0/s1. The molecule has 0 spiro atoms. The Morgan fingerprint density at radius 3 is 2.26 bits per heavy atom. The predicted molar refractivity (Wildman–Crippen MR) is 81.9 cm³/mol. The fraction of sp³-hybridized carbons (Fsp3) is 0.375. The van der Waals surface area contributed by atoms with Gasteiger partial charge < -0.3 is 10.1 Å². The lowest BCUT2D eigenvalue weighted by Crippen LogP contribution is -2.41. The molecule has 2 N–H and O–H groups in total. The van der Waals surface area contributed by atoms with E-state index in [1.165, 1.54) is 13.8 Å². The second kappa shape index (κ2) is 9.34. The predicted octanol–water partition coefficient (Wildman–Crippen LogP) is 0.677. The van der Waals surface area contributed by atoms with Gasteiger partial charge in [0.2, 0.25) is 17.7 Å². The molecular weight excluding hydrogens is 300 g/mol. The molecule has 0 aliphatic heterocycles. The molecule has 1 aromatic rings. The Morgan fingerprint density at radius 1 is 1.04 bits per heavy atom. The van der Waals surface area contributed by atoms with Crippen LogP contribution in [0.2, 0.25) is 0 Å². The first-order valence-corrected chi connectivity index (χ1v) is 7.16. The van der Waals surface area contributed by atoms with Crippen molar-refractivity contribution in [2.24, 2.45) is 0 Å². The van der Waals surface area contributed by atoms with E-state index in [4.69, 9.17) is 4.74 Å². The summed E-state index contributed by atoms with van der Waals surface area (Å²) in [4.78, 5) is 45.5. The van der Waals surface area contributed by atoms with E-state index in [1.54, 1.807) is 12.1 Å². The third kappa shape index (κ3) is 7.75. The maximum absolute atomic E-state index is 12.1.